The molecule has 0 aliphatic heterocycles. The van der Waals surface area contributed by atoms with Gasteiger partial charge in [-0.3, -0.25) is 4.79 Å². The van der Waals surface area contributed by atoms with Gasteiger partial charge in [0.1, 0.15) is 0 Å². The Morgan fingerprint density at radius 1 is 1.53 bits per heavy atom. The molecule has 1 aliphatic carbocycles. The Hall–Kier alpha value is -1.35. The number of carbonyl (C=O) groups is 1. The molecule has 17 heavy (non-hydrogen) atoms. The molecule has 0 saturated carbocycles. The van der Waals surface area contributed by atoms with E-state index in [2.05, 4.69) is 30.4 Å². The van der Waals surface area contributed by atoms with Gasteiger partial charge in [-0.1, -0.05) is 25.1 Å². The normalized spacial score (nSPS) is 18.8. The Labute approximate surface area is 102 Å². The molecule has 92 valence electrons. The molecular weight excluding hydrogens is 212 g/mol. The molecule has 3 nitrogen and oxygen atoms in total. The highest BCUT2D eigenvalue weighted by Crippen LogP contribution is 2.31. The Balaban J connectivity index is 2.23. The second-order valence-electron chi connectivity index (χ2n) is 4.66. The number of rotatable bonds is 4. The zero-order chi connectivity index (χ0) is 12.3. The third-order valence-electron chi connectivity index (χ3n) is 3.44. The van der Waals surface area contributed by atoms with Gasteiger partial charge in [-0.15, -0.1) is 0 Å². The molecule has 1 amide bonds. The van der Waals surface area contributed by atoms with Crippen LogP contribution in [0.4, 0.5) is 0 Å². The molecule has 1 aromatic rings. The summed E-state index contributed by atoms with van der Waals surface area (Å²) in [6, 6.07) is 6.40. The zero-order valence-corrected chi connectivity index (χ0v) is 10.3. The third kappa shape index (κ3) is 2.67. The minimum absolute atomic E-state index is 0.0769. The average Bonchev–Trinajstić information content (AvgIpc) is 2.35. The van der Waals surface area contributed by atoms with E-state index < -0.39 is 0 Å². The molecule has 1 aromatic carbocycles. The molecule has 2 rings (SSSR count). The topological polar surface area (TPSA) is 55.1 Å². The first-order valence-corrected chi connectivity index (χ1v) is 6.34. The van der Waals surface area contributed by atoms with Crippen molar-refractivity contribution in [2.24, 2.45) is 5.73 Å². The van der Waals surface area contributed by atoms with E-state index in [1.807, 2.05) is 0 Å². The summed E-state index contributed by atoms with van der Waals surface area (Å²) in [7, 11) is 0. The first kappa shape index (κ1) is 12.1. The summed E-state index contributed by atoms with van der Waals surface area (Å²) in [6.45, 7) is 3.97. The van der Waals surface area contributed by atoms with E-state index in [9.17, 15) is 4.79 Å². The van der Waals surface area contributed by atoms with Crippen molar-refractivity contribution >= 4 is 5.91 Å². The van der Waals surface area contributed by atoms with E-state index in [0.29, 0.717) is 0 Å². The summed E-state index contributed by atoms with van der Waals surface area (Å²) in [5.41, 5.74) is 9.18. The smallest absolute Gasteiger partial charge is 0.224 e. The quantitative estimate of drug-likeness (QED) is 0.830. The molecule has 0 fully saturated rings. The highest BCUT2D eigenvalue weighted by atomic mass is 16.1. The monoisotopic (exact) mass is 232 g/mol. The first-order chi connectivity index (χ1) is 8.22. The van der Waals surface area contributed by atoms with Crippen LogP contribution < -0.4 is 11.1 Å². The molecule has 0 heterocycles. The number of hydrogen-bond donors (Lipinski definition) is 2. The fourth-order valence-electron chi connectivity index (χ4n) is 2.54. The van der Waals surface area contributed by atoms with Crippen LogP contribution in [0.3, 0.4) is 0 Å². The highest BCUT2D eigenvalue weighted by Gasteiger charge is 2.24. The lowest BCUT2D eigenvalue weighted by molar-refractivity contribution is -0.119. The van der Waals surface area contributed by atoms with Gasteiger partial charge in [-0.25, -0.2) is 0 Å². The number of aryl methyl sites for hydroxylation is 1. The first-order valence-electron chi connectivity index (χ1n) is 6.34. The highest BCUT2D eigenvalue weighted by molar-refractivity contribution is 5.82. The summed E-state index contributed by atoms with van der Waals surface area (Å²) < 4.78 is 0. The van der Waals surface area contributed by atoms with Crippen molar-refractivity contribution in [1.82, 2.24) is 5.32 Å². The molecule has 0 saturated heterocycles. The van der Waals surface area contributed by atoms with Gasteiger partial charge in [0.2, 0.25) is 5.91 Å². The van der Waals surface area contributed by atoms with E-state index in [1.165, 1.54) is 11.1 Å². The molecule has 0 bridgehead atoms. The standard InChI is InChI=1S/C14H20N2O/c1-2-16-9-10-6-7-12-11(8-10)4-3-5-13(12)14(15)17/h6-8,13,16H,2-5,9H2,1H3,(H2,15,17). The van der Waals surface area contributed by atoms with Gasteiger partial charge in [0.15, 0.2) is 0 Å². The second kappa shape index (κ2) is 5.32. The van der Waals surface area contributed by atoms with E-state index >= 15 is 0 Å². The number of amides is 1. The lowest BCUT2D eigenvalue weighted by atomic mass is 9.82. The van der Waals surface area contributed by atoms with Crippen molar-refractivity contribution in [2.75, 3.05) is 6.54 Å². The number of nitrogens with one attached hydrogen (secondary N) is 1. The predicted octanol–water partition coefficient (Wildman–Crippen LogP) is 1.70. The number of nitrogens with two attached hydrogens (primary N) is 1. The van der Waals surface area contributed by atoms with E-state index in [4.69, 9.17) is 5.73 Å². The van der Waals surface area contributed by atoms with Crippen LogP contribution in [0.25, 0.3) is 0 Å². The van der Waals surface area contributed by atoms with Crippen molar-refractivity contribution in [2.45, 2.75) is 38.6 Å². The summed E-state index contributed by atoms with van der Waals surface area (Å²) in [5, 5.41) is 3.31. The van der Waals surface area contributed by atoms with Crippen molar-refractivity contribution < 1.29 is 4.79 Å². The largest absolute Gasteiger partial charge is 0.369 e. The fourth-order valence-corrected chi connectivity index (χ4v) is 2.54. The molecule has 1 atom stereocenters. The van der Waals surface area contributed by atoms with Crippen LogP contribution >= 0.6 is 0 Å². The van der Waals surface area contributed by atoms with Crippen LogP contribution in [0.1, 0.15) is 42.4 Å². The Kier molecular flexibility index (Phi) is 3.79. The van der Waals surface area contributed by atoms with Crippen LogP contribution in [0.5, 0.6) is 0 Å². The Morgan fingerprint density at radius 2 is 2.35 bits per heavy atom. The number of primary amides is 1. The summed E-state index contributed by atoms with van der Waals surface area (Å²) >= 11 is 0. The van der Waals surface area contributed by atoms with Gasteiger partial charge < -0.3 is 11.1 Å². The third-order valence-corrected chi connectivity index (χ3v) is 3.44. The lowest BCUT2D eigenvalue weighted by Gasteiger charge is -2.23. The number of fused-ring (bicyclic) bond motifs is 1. The Morgan fingerprint density at radius 3 is 3.06 bits per heavy atom. The van der Waals surface area contributed by atoms with Crippen molar-refractivity contribution in [1.29, 1.82) is 0 Å². The molecular formula is C14H20N2O. The van der Waals surface area contributed by atoms with Crippen molar-refractivity contribution in [3.63, 3.8) is 0 Å². The molecule has 1 aliphatic rings. The summed E-state index contributed by atoms with van der Waals surface area (Å²) in [6.07, 6.45) is 3.03. The molecule has 0 spiro atoms. The molecule has 1 unspecified atom stereocenters. The van der Waals surface area contributed by atoms with Gasteiger partial charge >= 0.3 is 0 Å². The summed E-state index contributed by atoms with van der Waals surface area (Å²) in [4.78, 5) is 11.4. The minimum atomic E-state index is -0.189. The van der Waals surface area contributed by atoms with Crippen LogP contribution in [-0.2, 0) is 17.8 Å². The minimum Gasteiger partial charge on any atom is -0.369 e. The predicted molar refractivity (Wildman–Crippen MR) is 68.7 cm³/mol. The SMILES string of the molecule is CCNCc1ccc2c(c1)CCCC2C(N)=O. The molecule has 0 radical (unpaired) electrons. The van der Waals surface area contributed by atoms with Crippen LogP contribution in [0, 0.1) is 0 Å². The van der Waals surface area contributed by atoms with Gasteiger partial charge in [0.05, 0.1) is 5.92 Å². The average molecular weight is 232 g/mol. The van der Waals surface area contributed by atoms with Crippen LogP contribution in [-0.4, -0.2) is 12.5 Å². The molecule has 3 heteroatoms. The van der Waals surface area contributed by atoms with Gasteiger partial charge in [-0.05, 0) is 42.5 Å². The van der Waals surface area contributed by atoms with E-state index in [1.54, 1.807) is 0 Å². The molecule has 3 N–H and O–H groups in total. The number of hydrogen-bond acceptors (Lipinski definition) is 2. The van der Waals surface area contributed by atoms with Gasteiger partial charge in [0, 0.05) is 6.54 Å². The number of benzene rings is 1. The number of carbonyl (C=O) groups excluding carboxylic acids is 1. The van der Waals surface area contributed by atoms with Crippen molar-refractivity contribution in [3.05, 3.63) is 34.9 Å². The van der Waals surface area contributed by atoms with E-state index in [-0.39, 0.29) is 11.8 Å². The zero-order valence-electron chi connectivity index (χ0n) is 10.3. The lowest BCUT2D eigenvalue weighted by Crippen LogP contribution is -2.25. The molecule has 0 aromatic heterocycles. The maximum atomic E-state index is 11.4. The van der Waals surface area contributed by atoms with E-state index in [0.717, 1.165) is 37.9 Å². The van der Waals surface area contributed by atoms with Gasteiger partial charge in [-0.2, -0.15) is 0 Å². The van der Waals surface area contributed by atoms with Crippen LogP contribution in [0.2, 0.25) is 0 Å². The Bertz CT molecular complexity index is 415. The maximum absolute atomic E-state index is 11.4. The fraction of sp³-hybridized carbons (Fsp3) is 0.500. The van der Waals surface area contributed by atoms with Crippen molar-refractivity contribution in [3.8, 4) is 0 Å². The summed E-state index contributed by atoms with van der Waals surface area (Å²) in [5.74, 6) is -0.266. The van der Waals surface area contributed by atoms with Crippen LogP contribution in [0.15, 0.2) is 18.2 Å². The van der Waals surface area contributed by atoms with Gasteiger partial charge in [0.25, 0.3) is 0 Å². The second-order valence-corrected chi connectivity index (χ2v) is 4.66. The maximum Gasteiger partial charge on any atom is 0.224 e.